The van der Waals surface area contributed by atoms with Crippen LogP contribution in [0.2, 0.25) is 0 Å². The molecular formula is C26H36O2. The number of aryl methyl sites for hydroxylation is 4. The number of phenols is 2. The molecule has 152 valence electrons. The number of rotatable bonds is 3. The van der Waals surface area contributed by atoms with Gasteiger partial charge in [0.1, 0.15) is 11.5 Å². The zero-order chi connectivity index (χ0) is 20.9. The van der Waals surface area contributed by atoms with Crippen molar-refractivity contribution in [3.63, 3.8) is 0 Å². The van der Waals surface area contributed by atoms with Crippen molar-refractivity contribution in [3.8, 4) is 11.5 Å². The van der Waals surface area contributed by atoms with E-state index in [1.54, 1.807) is 0 Å². The average Bonchev–Trinajstić information content (AvgIpc) is 2.63. The van der Waals surface area contributed by atoms with Crippen LogP contribution in [0.3, 0.4) is 0 Å². The Morgan fingerprint density at radius 1 is 0.786 bits per heavy atom. The molecule has 2 heteroatoms. The van der Waals surface area contributed by atoms with Crippen LogP contribution in [0.25, 0.3) is 0 Å². The van der Waals surface area contributed by atoms with Gasteiger partial charge in [-0.25, -0.2) is 0 Å². The molecule has 2 aromatic rings. The standard InChI is InChI=1S/C26H36O2/c1-16-12-21(13-17(2)23(16)27)25(5,6)20-8-10-26(7,11-9-20)22-14-18(3)24(28)19(4)15-22/h12-15,20,27-28H,8-11H2,1-7H3. The molecule has 28 heavy (non-hydrogen) atoms. The van der Waals surface area contributed by atoms with E-state index in [1.807, 2.05) is 27.7 Å². The van der Waals surface area contributed by atoms with E-state index in [4.69, 9.17) is 0 Å². The van der Waals surface area contributed by atoms with Crippen LogP contribution in [0.15, 0.2) is 24.3 Å². The second kappa shape index (κ2) is 7.13. The van der Waals surface area contributed by atoms with Crippen LogP contribution in [0, 0.1) is 33.6 Å². The van der Waals surface area contributed by atoms with Crippen molar-refractivity contribution in [2.24, 2.45) is 5.92 Å². The van der Waals surface area contributed by atoms with E-state index >= 15 is 0 Å². The van der Waals surface area contributed by atoms with Crippen molar-refractivity contribution in [1.82, 2.24) is 0 Å². The quantitative estimate of drug-likeness (QED) is 0.618. The van der Waals surface area contributed by atoms with Crippen LogP contribution in [-0.2, 0) is 10.8 Å². The number of hydrogen-bond donors (Lipinski definition) is 2. The molecule has 0 spiro atoms. The Kier molecular flexibility index (Phi) is 5.29. The third kappa shape index (κ3) is 3.54. The molecule has 3 rings (SSSR count). The Morgan fingerprint density at radius 3 is 1.61 bits per heavy atom. The van der Waals surface area contributed by atoms with E-state index in [0.29, 0.717) is 17.4 Å². The monoisotopic (exact) mass is 380 g/mol. The van der Waals surface area contributed by atoms with Gasteiger partial charge in [-0.15, -0.1) is 0 Å². The zero-order valence-electron chi connectivity index (χ0n) is 18.6. The number of phenolic OH excluding ortho intramolecular Hbond substituents is 2. The average molecular weight is 381 g/mol. The molecule has 1 fully saturated rings. The predicted molar refractivity (Wildman–Crippen MR) is 117 cm³/mol. The SMILES string of the molecule is Cc1cc(C2(C)CCC(C(C)(C)c3cc(C)c(O)c(C)c3)CC2)cc(C)c1O. The summed E-state index contributed by atoms with van der Waals surface area (Å²) >= 11 is 0. The van der Waals surface area contributed by atoms with Gasteiger partial charge in [0, 0.05) is 0 Å². The van der Waals surface area contributed by atoms with Gasteiger partial charge in [-0.3, -0.25) is 0 Å². The van der Waals surface area contributed by atoms with Crippen LogP contribution in [-0.4, -0.2) is 10.2 Å². The highest BCUT2D eigenvalue weighted by Gasteiger charge is 2.40. The molecule has 0 radical (unpaired) electrons. The summed E-state index contributed by atoms with van der Waals surface area (Å²) in [6.45, 7) is 15.1. The molecule has 0 aromatic heterocycles. The minimum atomic E-state index is 0.0886. The number of hydrogen-bond acceptors (Lipinski definition) is 2. The van der Waals surface area contributed by atoms with Crippen molar-refractivity contribution in [2.45, 2.75) is 85.0 Å². The molecule has 0 saturated heterocycles. The number of benzene rings is 2. The molecule has 0 heterocycles. The van der Waals surface area contributed by atoms with Gasteiger partial charge >= 0.3 is 0 Å². The fraction of sp³-hybridized carbons (Fsp3) is 0.538. The zero-order valence-corrected chi connectivity index (χ0v) is 18.6. The van der Waals surface area contributed by atoms with Crippen molar-refractivity contribution >= 4 is 0 Å². The minimum absolute atomic E-state index is 0.0886. The van der Waals surface area contributed by atoms with Crippen molar-refractivity contribution in [3.05, 3.63) is 57.6 Å². The molecule has 2 N–H and O–H groups in total. The lowest BCUT2D eigenvalue weighted by Crippen LogP contribution is -2.37. The van der Waals surface area contributed by atoms with Gasteiger partial charge in [0.25, 0.3) is 0 Å². The molecule has 1 saturated carbocycles. The molecule has 1 aliphatic rings. The molecule has 0 bridgehead atoms. The summed E-state index contributed by atoms with van der Waals surface area (Å²) in [5.74, 6) is 1.48. The summed E-state index contributed by atoms with van der Waals surface area (Å²) in [6.07, 6.45) is 4.73. The predicted octanol–water partition coefficient (Wildman–Crippen LogP) is 6.76. The van der Waals surface area contributed by atoms with Gasteiger partial charge in [-0.1, -0.05) is 45.0 Å². The van der Waals surface area contributed by atoms with Crippen LogP contribution < -0.4 is 0 Å². The van der Waals surface area contributed by atoms with E-state index < -0.39 is 0 Å². The highest BCUT2D eigenvalue weighted by atomic mass is 16.3. The third-order valence-electron chi connectivity index (χ3n) is 7.53. The van der Waals surface area contributed by atoms with Gasteiger partial charge < -0.3 is 10.2 Å². The van der Waals surface area contributed by atoms with E-state index in [-0.39, 0.29) is 10.8 Å². The highest BCUT2D eigenvalue weighted by molar-refractivity contribution is 5.46. The normalized spacial score (nSPS) is 23.0. The maximum atomic E-state index is 10.1. The van der Waals surface area contributed by atoms with Crippen LogP contribution in [0.4, 0.5) is 0 Å². The van der Waals surface area contributed by atoms with Gasteiger partial charge in [0.2, 0.25) is 0 Å². The summed E-state index contributed by atoms with van der Waals surface area (Å²) in [7, 11) is 0. The largest absolute Gasteiger partial charge is 0.507 e. The van der Waals surface area contributed by atoms with Crippen LogP contribution in [0.5, 0.6) is 11.5 Å². The fourth-order valence-electron chi connectivity index (χ4n) is 5.13. The Morgan fingerprint density at radius 2 is 1.18 bits per heavy atom. The van der Waals surface area contributed by atoms with Gasteiger partial charge in [-0.05, 0) is 104 Å². The Labute approximate surface area is 170 Å². The fourth-order valence-corrected chi connectivity index (χ4v) is 5.13. The minimum Gasteiger partial charge on any atom is -0.507 e. The van der Waals surface area contributed by atoms with Crippen molar-refractivity contribution < 1.29 is 10.2 Å². The van der Waals surface area contributed by atoms with E-state index in [1.165, 1.54) is 36.8 Å². The smallest absolute Gasteiger partial charge is 0.121 e. The van der Waals surface area contributed by atoms with Crippen molar-refractivity contribution in [1.29, 1.82) is 0 Å². The summed E-state index contributed by atoms with van der Waals surface area (Å²) in [5, 5.41) is 20.3. The molecule has 1 aliphatic carbocycles. The Balaban J connectivity index is 1.83. The topological polar surface area (TPSA) is 40.5 Å². The number of aromatic hydroxyl groups is 2. The lowest BCUT2D eigenvalue weighted by Gasteiger charge is -2.44. The summed E-state index contributed by atoms with van der Waals surface area (Å²) in [5.41, 5.74) is 6.88. The maximum absolute atomic E-state index is 10.1. The lowest BCUT2D eigenvalue weighted by atomic mass is 9.60. The van der Waals surface area contributed by atoms with Gasteiger partial charge in [0.05, 0.1) is 0 Å². The molecule has 0 aliphatic heterocycles. The van der Waals surface area contributed by atoms with E-state index in [2.05, 4.69) is 45.0 Å². The van der Waals surface area contributed by atoms with E-state index in [0.717, 1.165) is 22.3 Å². The first-order valence-electron chi connectivity index (χ1n) is 10.6. The molecule has 2 aromatic carbocycles. The van der Waals surface area contributed by atoms with Crippen LogP contribution in [0.1, 0.15) is 79.8 Å². The van der Waals surface area contributed by atoms with Crippen molar-refractivity contribution in [2.75, 3.05) is 0 Å². The molecule has 0 amide bonds. The van der Waals surface area contributed by atoms with Crippen LogP contribution >= 0.6 is 0 Å². The molecule has 0 atom stereocenters. The maximum Gasteiger partial charge on any atom is 0.121 e. The Bertz CT molecular complexity index is 837. The third-order valence-corrected chi connectivity index (χ3v) is 7.53. The first kappa shape index (κ1) is 20.8. The van der Waals surface area contributed by atoms with Gasteiger partial charge in [0.15, 0.2) is 0 Å². The van der Waals surface area contributed by atoms with Gasteiger partial charge in [-0.2, -0.15) is 0 Å². The second-order valence-electron chi connectivity index (χ2n) is 9.97. The summed E-state index contributed by atoms with van der Waals surface area (Å²) in [6, 6.07) is 8.70. The molecular weight excluding hydrogens is 344 g/mol. The summed E-state index contributed by atoms with van der Waals surface area (Å²) in [4.78, 5) is 0. The first-order chi connectivity index (χ1) is 13.0. The highest BCUT2D eigenvalue weighted by Crippen LogP contribution is 2.49. The Hall–Kier alpha value is -1.96. The first-order valence-corrected chi connectivity index (χ1v) is 10.6. The van der Waals surface area contributed by atoms with E-state index in [9.17, 15) is 10.2 Å². The second-order valence-corrected chi connectivity index (χ2v) is 9.97. The molecule has 2 nitrogen and oxygen atoms in total. The summed E-state index contributed by atoms with van der Waals surface area (Å²) < 4.78 is 0. The lowest BCUT2D eigenvalue weighted by molar-refractivity contribution is 0.178. The molecule has 0 unspecified atom stereocenters.